The minimum atomic E-state index is 0.450. The van der Waals surface area contributed by atoms with Gasteiger partial charge in [0.05, 0.1) is 14.1 Å². The van der Waals surface area contributed by atoms with E-state index in [-0.39, 0.29) is 0 Å². The van der Waals surface area contributed by atoms with E-state index in [1.54, 1.807) is 0 Å². The third-order valence-corrected chi connectivity index (χ3v) is 3.40. The molecule has 0 N–H and O–H groups in total. The molecule has 1 atom stereocenters. The molecule has 1 unspecified atom stereocenters. The second-order valence-corrected chi connectivity index (χ2v) is 5.19. The number of benzene rings is 1. The first kappa shape index (κ1) is 14.5. The number of hydrogen-bond donors (Lipinski definition) is 0. The topological polar surface area (TPSA) is 0 Å². The largest absolute Gasteiger partial charge is 0.313 e. The Kier molecular flexibility index (Phi) is 5.68. The van der Waals surface area contributed by atoms with E-state index in [1.165, 1.54) is 5.56 Å². The number of quaternary nitrogens is 1. The van der Waals surface area contributed by atoms with Crippen molar-refractivity contribution in [3.8, 4) is 11.8 Å². The second kappa shape index (κ2) is 7.03. The van der Waals surface area contributed by atoms with Crippen LogP contribution in [0.2, 0.25) is 0 Å². The maximum atomic E-state index is 3.98. The summed E-state index contributed by atoms with van der Waals surface area (Å²) in [5.74, 6) is 6.15. The molecule has 1 aromatic rings. The fraction of sp³-hybridized carbons (Fsp3) is 0.412. The van der Waals surface area contributed by atoms with Gasteiger partial charge in [0.2, 0.25) is 0 Å². The van der Waals surface area contributed by atoms with Crippen molar-refractivity contribution in [2.24, 2.45) is 0 Å². The lowest BCUT2D eigenvalue weighted by Crippen LogP contribution is -2.48. The second-order valence-electron chi connectivity index (χ2n) is 5.19. The first-order valence-corrected chi connectivity index (χ1v) is 6.49. The number of nitrogens with zero attached hydrogens (tertiary/aromatic N) is 1. The van der Waals surface area contributed by atoms with Crippen LogP contribution in [0.3, 0.4) is 0 Å². The van der Waals surface area contributed by atoms with Crippen molar-refractivity contribution in [2.45, 2.75) is 25.8 Å². The van der Waals surface area contributed by atoms with Gasteiger partial charge in [-0.1, -0.05) is 36.9 Å². The Hall–Kier alpha value is -1.52. The summed E-state index contributed by atoms with van der Waals surface area (Å²) in [5, 5.41) is 0. The molecule has 0 aromatic heterocycles. The molecule has 0 saturated carbocycles. The predicted octanol–water partition coefficient (Wildman–Crippen LogP) is 3.27. The zero-order valence-electron chi connectivity index (χ0n) is 11.8. The monoisotopic (exact) mass is 242 g/mol. The Morgan fingerprint density at radius 3 is 2.50 bits per heavy atom. The van der Waals surface area contributed by atoms with Crippen molar-refractivity contribution >= 4 is 0 Å². The number of hydrogen-bond acceptors (Lipinski definition) is 0. The molecule has 1 nitrogen and oxygen atoms in total. The van der Waals surface area contributed by atoms with Gasteiger partial charge in [0, 0.05) is 6.42 Å². The Balaban J connectivity index is 2.61. The lowest BCUT2D eigenvalue weighted by Gasteiger charge is -2.35. The standard InChI is InChI=1S/C17H24N/c1-5-7-15-18(3,4)17(6-2)14-13-16-11-9-8-10-12-16/h6,8-12,17H,2,13-15H2,1,3-4H3/q+1. The van der Waals surface area contributed by atoms with Gasteiger partial charge < -0.3 is 4.48 Å². The quantitative estimate of drug-likeness (QED) is 0.408. The van der Waals surface area contributed by atoms with Gasteiger partial charge in [0.1, 0.15) is 12.6 Å². The summed E-state index contributed by atoms with van der Waals surface area (Å²) in [6.07, 6.45) is 4.28. The number of likely N-dealkylation sites (N-methyl/N-ethyl adjacent to an activating group) is 1. The van der Waals surface area contributed by atoms with E-state index in [1.807, 2.05) is 6.92 Å². The summed E-state index contributed by atoms with van der Waals surface area (Å²) < 4.78 is 0.886. The molecule has 1 aromatic carbocycles. The molecule has 96 valence electrons. The van der Waals surface area contributed by atoms with Crippen molar-refractivity contribution in [3.05, 3.63) is 48.6 Å². The van der Waals surface area contributed by atoms with Crippen LogP contribution in [0.1, 0.15) is 18.9 Å². The third kappa shape index (κ3) is 4.39. The first-order chi connectivity index (χ1) is 8.60. The van der Waals surface area contributed by atoms with Gasteiger partial charge in [-0.05, 0) is 30.9 Å². The Morgan fingerprint density at radius 1 is 1.28 bits per heavy atom. The molecule has 0 aliphatic heterocycles. The molecule has 0 spiro atoms. The van der Waals surface area contributed by atoms with Gasteiger partial charge in [-0.25, -0.2) is 0 Å². The molecule has 1 heteroatoms. The molecule has 1 rings (SSSR count). The molecular formula is C17H24N+. The minimum Gasteiger partial charge on any atom is -0.313 e. The van der Waals surface area contributed by atoms with Crippen LogP contribution in [-0.2, 0) is 6.42 Å². The van der Waals surface area contributed by atoms with Gasteiger partial charge in [-0.3, -0.25) is 0 Å². The van der Waals surface area contributed by atoms with Crippen LogP contribution < -0.4 is 0 Å². The van der Waals surface area contributed by atoms with Crippen molar-refractivity contribution in [3.63, 3.8) is 0 Å². The van der Waals surface area contributed by atoms with Crippen LogP contribution in [0, 0.1) is 11.8 Å². The molecule has 0 aliphatic rings. The molecule has 0 aliphatic carbocycles. The Morgan fingerprint density at radius 2 is 1.94 bits per heavy atom. The van der Waals surface area contributed by atoms with Gasteiger partial charge in [-0.2, -0.15) is 0 Å². The van der Waals surface area contributed by atoms with Crippen molar-refractivity contribution in [2.75, 3.05) is 20.6 Å². The summed E-state index contributed by atoms with van der Waals surface area (Å²) in [4.78, 5) is 0. The zero-order chi connectivity index (χ0) is 13.4. The summed E-state index contributed by atoms with van der Waals surface area (Å²) in [6, 6.07) is 11.1. The molecule has 0 radical (unpaired) electrons. The summed E-state index contributed by atoms with van der Waals surface area (Å²) >= 11 is 0. The van der Waals surface area contributed by atoms with E-state index in [0.29, 0.717) is 6.04 Å². The van der Waals surface area contributed by atoms with Gasteiger partial charge >= 0.3 is 0 Å². The van der Waals surface area contributed by atoms with Crippen LogP contribution in [0.15, 0.2) is 43.0 Å². The molecular weight excluding hydrogens is 218 g/mol. The predicted molar refractivity (Wildman–Crippen MR) is 79.2 cm³/mol. The summed E-state index contributed by atoms with van der Waals surface area (Å²) in [5.41, 5.74) is 1.39. The summed E-state index contributed by atoms with van der Waals surface area (Å²) in [6.45, 7) is 6.76. The molecule has 0 bridgehead atoms. The fourth-order valence-corrected chi connectivity index (χ4v) is 2.11. The van der Waals surface area contributed by atoms with Gasteiger partial charge in [0.15, 0.2) is 0 Å². The van der Waals surface area contributed by atoms with Crippen molar-refractivity contribution in [1.29, 1.82) is 0 Å². The SMILES string of the molecule is C=CC(CCc1ccccc1)[N+](C)(C)CC#CC. The Labute approximate surface area is 112 Å². The highest BCUT2D eigenvalue weighted by molar-refractivity contribution is 5.15. The van der Waals surface area contributed by atoms with E-state index in [4.69, 9.17) is 0 Å². The average Bonchev–Trinajstić information content (AvgIpc) is 2.38. The highest BCUT2D eigenvalue weighted by Gasteiger charge is 2.23. The van der Waals surface area contributed by atoms with Gasteiger partial charge in [0.25, 0.3) is 0 Å². The van der Waals surface area contributed by atoms with Crippen LogP contribution in [0.5, 0.6) is 0 Å². The first-order valence-electron chi connectivity index (χ1n) is 6.49. The number of aryl methyl sites for hydroxylation is 1. The van der Waals surface area contributed by atoms with E-state index < -0.39 is 0 Å². The van der Waals surface area contributed by atoms with E-state index in [2.05, 4.69) is 68.9 Å². The highest BCUT2D eigenvalue weighted by atomic mass is 15.3. The van der Waals surface area contributed by atoms with E-state index in [9.17, 15) is 0 Å². The fourth-order valence-electron chi connectivity index (χ4n) is 2.11. The molecule has 0 amide bonds. The van der Waals surface area contributed by atoms with Crippen LogP contribution in [0.4, 0.5) is 0 Å². The van der Waals surface area contributed by atoms with E-state index >= 15 is 0 Å². The van der Waals surface area contributed by atoms with Crippen LogP contribution >= 0.6 is 0 Å². The minimum absolute atomic E-state index is 0.450. The Bertz CT molecular complexity index is 420. The normalized spacial score (nSPS) is 12.4. The molecule has 0 heterocycles. The lowest BCUT2D eigenvalue weighted by molar-refractivity contribution is -0.901. The maximum Gasteiger partial charge on any atom is 0.140 e. The highest BCUT2D eigenvalue weighted by Crippen LogP contribution is 2.15. The van der Waals surface area contributed by atoms with Crippen LogP contribution in [-0.4, -0.2) is 31.2 Å². The zero-order valence-corrected chi connectivity index (χ0v) is 11.8. The molecule has 18 heavy (non-hydrogen) atoms. The van der Waals surface area contributed by atoms with E-state index in [0.717, 1.165) is 23.9 Å². The molecule has 0 saturated heterocycles. The number of rotatable bonds is 6. The van der Waals surface area contributed by atoms with Crippen molar-refractivity contribution < 1.29 is 4.48 Å². The van der Waals surface area contributed by atoms with Crippen molar-refractivity contribution in [1.82, 2.24) is 0 Å². The lowest BCUT2D eigenvalue weighted by atomic mass is 10.0. The molecule has 0 fully saturated rings. The van der Waals surface area contributed by atoms with Crippen LogP contribution in [0.25, 0.3) is 0 Å². The maximum absolute atomic E-state index is 3.98. The average molecular weight is 242 g/mol. The van der Waals surface area contributed by atoms with Gasteiger partial charge in [-0.15, -0.1) is 5.92 Å². The smallest absolute Gasteiger partial charge is 0.140 e. The summed E-state index contributed by atoms with van der Waals surface area (Å²) in [7, 11) is 4.45. The third-order valence-electron chi connectivity index (χ3n) is 3.40.